The summed E-state index contributed by atoms with van der Waals surface area (Å²) in [6.07, 6.45) is 5.82. The Bertz CT molecular complexity index is 977. The Labute approximate surface area is 159 Å². The van der Waals surface area contributed by atoms with Gasteiger partial charge in [0.05, 0.1) is 6.04 Å². The molecule has 0 unspecified atom stereocenters. The Hall–Kier alpha value is -2.51. The number of halogens is 1. The van der Waals surface area contributed by atoms with Gasteiger partial charge in [-0.15, -0.1) is 0 Å². The minimum absolute atomic E-state index is 0.270. The molecule has 128 valence electrons. The van der Waals surface area contributed by atoms with E-state index in [1.807, 2.05) is 6.07 Å². The van der Waals surface area contributed by atoms with Crippen LogP contribution in [-0.4, -0.2) is 0 Å². The van der Waals surface area contributed by atoms with Crippen LogP contribution in [0, 0.1) is 5.92 Å². The second-order valence-corrected chi connectivity index (χ2v) is 7.60. The van der Waals surface area contributed by atoms with Crippen LogP contribution in [-0.2, 0) is 0 Å². The molecule has 3 aromatic rings. The molecule has 1 nitrogen and oxygen atoms in total. The largest absolute Gasteiger partial charge is 0.377 e. The monoisotopic (exact) mass is 357 g/mol. The van der Waals surface area contributed by atoms with Gasteiger partial charge in [0.15, 0.2) is 0 Å². The molecule has 2 heteroatoms. The second-order valence-electron chi connectivity index (χ2n) is 7.17. The van der Waals surface area contributed by atoms with Crippen LogP contribution in [0.2, 0.25) is 5.02 Å². The Kier molecular flexibility index (Phi) is 3.83. The average Bonchev–Trinajstić information content (AvgIpc) is 3.18. The number of nitrogens with one attached hydrogen (secondary N) is 1. The molecule has 2 aliphatic rings. The highest BCUT2D eigenvalue weighted by atomic mass is 35.5. The smallest absolute Gasteiger partial charge is 0.0554 e. The summed E-state index contributed by atoms with van der Waals surface area (Å²) in [5.41, 5.74) is 6.46. The van der Waals surface area contributed by atoms with Crippen molar-refractivity contribution in [1.29, 1.82) is 0 Å². The number of fused-ring (bicyclic) bond motifs is 3. The summed E-state index contributed by atoms with van der Waals surface area (Å²) >= 11 is 6.29. The van der Waals surface area contributed by atoms with Gasteiger partial charge in [-0.3, -0.25) is 0 Å². The van der Waals surface area contributed by atoms with E-state index in [1.165, 1.54) is 27.9 Å². The van der Waals surface area contributed by atoms with E-state index in [2.05, 4.69) is 84.2 Å². The highest BCUT2D eigenvalue weighted by molar-refractivity contribution is 6.30. The van der Waals surface area contributed by atoms with E-state index >= 15 is 0 Å². The van der Waals surface area contributed by atoms with Gasteiger partial charge < -0.3 is 5.32 Å². The van der Waals surface area contributed by atoms with Crippen LogP contribution in [0.15, 0.2) is 84.9 Å². The fourth-order valence-electron chi connectivity index (χ4n) is 4.51. The predicted octanol–water partition coefficient (Wildman–Crippen LogP) is 6.83. The van der Waals surface area contributed by atoms with Crippen LogP contribution >= 0.6 is 11.6 Å². The highest BCUT2D eigenvalue weighted by Gasteiger charge is 2.38. The third-order valence-electron chi connectivity index (χ3n) is 5.69. The molecule has 1 aliphatic heterocycles. The Balaban J connectivity index is 1.66. The van der Waals surface area contributed by atoms with Crippen molar-refractivity contribution in [1.82, 2.24) is 0 Å². The first-order valence-electron chi connectivity index (χ1n) is 9.18. The van der Waals surface area contributed by atoms with Crippen molar-refractivity contribution in [2.45, 2.75) is 18.4 Å². The van der Waals surface area contributed by atoms with Gasteiger partial charge in [0.1, 0.15) is 0 Å². The molecule has 0 saturated carbocycles. The lowest BCUT2D eigenvalue weighted by Crippen LogP contribution is -2.29. The van der Waals surface area contributed by atoms with Gasteiger partial charge in [0.2, 0.25) is 0 Å². The number of hydrogen-bond acceptors (Lipinski definition) is 1. The zero-order valence-electron chi connectivity index (χ0n) is 14.4. The maximum Gasteiger partial charge on any atom is 0.0554 e. The fourth-order valence-corrected chi connectivity index (χ4v) is 4.71. The van der Waals surface area contributed by atoms with Crippen molar-refractivity contribution in [2.24, 2.45) is 5.92 Å². The lowest BCUT2D eigenvalue weighted by Gasteiger charge is -2.38. The van der Waals surface area contributed by atoms with E-state index in [1.54, 1.807) is 0 Å². The zero-order chi connectivity index (χ0) is 17.5. The third-order valence-corrected chi connectivity index (χ3v) is 5.92. The fraction of sp³-hybridized carbons (Fsp3) is 0.167. The number of hydrogen-bond donors (Lipinski definition) is 1. The molecule has 0 fully saturated rings. The van der Waals surface area contributed by atoms with Crippen molar-refractivity contribution >= 4 is 17.3 Å². The van der Waals surface area contributed by atoms with E-state index in [4.69, 9.17) is 11.6 Å². The molecular weight excluding hydrogens is 338 g/mol. The molecular formula is C24H20ClN. The Morgan fingerprint density at radius 3 is 2.58 bits per heavy atom. The summed E-state index contributed by atoms with van der Waals surface area (Å²) in [6.45, 7) is 0. The molecule has 0 amide bonds. The molecule has 1 N–H and O–H groups in total. The summed E-state index contributed by atoms with van der Waals surface area (Å²) in [6, 6.07) is 25.9. The molecule has 26 heavy (non-hydrogen) atoms. The van der Waals surface area contributed by atoms with E-state index in [0.717, 1.165) is 11.4 Å². The maximum absolute atomic E-state index is 6.29. The first-order chi connectivity index (χ1) is 12.8. The van der Waals surface area contributed by atoms with Gasteiger partial charge >= 0.3 is 0 Å². The number of benzene rings is 3. The quantitative estimate of drug-likeness (QED) is 0.495. The topological polar surface area (TPSA) is 12.0 Å². The average molecular weight is 358 g/mol. The third kappa shape index (κ3) is 2.55. The van der Waals surface area contributed by atoms with Gasteiger partial charge in [-0.05, 0) is 41.2 Å². The highest BCUT2D eigenvalue weighted by Crippen LogP contribution is 2.52. The molecule has 0 aromatic heterocycles. The second kappa shape index (κ2) is 6.34. The molecule has 5 rings (SSSR count). The van der Waals surface area contributed by atoms with Gasteiger partial charge in [-0.2, -0.15) is 0 Å². The van der Waals surface area contributed by atoms with Crippen LogP contribution in [0.4, 0.5) is 5.69 Å². The molecule has 0 spiro atoms. The molecule has 0 saturated heterocycles. The lowest BCUT2D eigenvalue weighted by molar-refractivity contribution is 0.426. The molecule has 3 aromatic carbocycles. The first kappa shape index (κ1) is 15.7. The summed E-state index contributed by atoms with van der Waals surface area (Å²) in [5.74, 6) is 0.992. The lowest BCUT2D eigenvalue weighted by atomic mass is 9.76. The number of allylic oxidation sites excluding steroid dienone is 2. The minimum Gasteiger partial charge on any atom is -0.377 e. The van der Waals surface area contributed by atoms with Crippen molar-refractivity contribution in [3.8, 4) is 11.1 Å². The van der Waals surface area contributed by atoms with Gasteiger partial charge in [-0.25, -0.2) is 0 Å². The molecule has 0 bridgehead atoms. The van der Waals surface area contributed by atoms with Crippen LogP contribution in [0.1, 0.15) is 29.5 Å². The maximum atomic E-state index is 6.29. The van der Waals surface area contributed by atoms with Gasteiger partial charge in [0.25, 0.3) is 0 Å². The summed E-state index contributed by atoms with van der Waals surface area (Å²) in [4.78, 5) is 0. The van der Waals surface area contributed by atoms with E-state index < -0.39 is 0 Å². The number of para-hydroxylation sites is 1. The number of rotatable bonds is 2. The SMILES string of the molecule is Clc1cccc([C@@H]2Nc3c(-c4ccccc4)cccc3[C@H]3C=CC[C@H]32)c1. The number of anilines is 1. The van der Waals surface area contributed by atoms with Crippen LogP contribution < -0.4 is 5.32 Å². The van der Waals surface area contributed by atoms with Crippen LogP contribution in [0.25, 0.3) is 11.1 Å². The predicted molar refractivity (Wildman–Crippen MR) is 110 cm³/mol. The van der Waals surface area contributed by atoms with Crippen molar-refractivity contribution in [2.75, 3.05) is 5.32 Å². The summed E-state index contributed by atoms with van der Waals surface area (Å²) < 4.78 is 0. The van der Waals surface area contributed by atoms with Crippen molar-refractivity contribution in [3.63, 3.8) is 0 Å². The van der Waals surface area contributed by atoms with E-state index in [9.17, 15) is 0 Å². The molecule has 1 aliphatic carbocycles. The molecule has 3 atom stereocenters. The normalized spacial score (nSPS) is 23.2. The van der Waals surface area contributed by atoms with Crippen LogP contribution in [0.5, 0.6) is 0 Å². The molecule has 0 radical (unpaired) electrons. The van der Waals surface area contributed by atoms with Crippen molar-refractivity contribution < 1.29 is 0 Å². The molecule has 1 heterocycles. The van der Waals surface area contributed by atoms with Crippen LogP contribution in [0.3, 0.4) is 0 Å². The van der Waals surface area contributed by atoms with Gasteiger partial charge in [-0.1, -0.05) is 84.4 Å². The zero-order valence-corrected chi connectivity index (χ0v) is 15.2. The van der Waals surface area contributed by atoms with E-state index in [0.29, 0.717) is 11.8 Å². The van der Waals surface area contributed by atoms with Crippen molar-refractivity contribution in [3.05, 3.63) is 101 Å². The standard InChI is InChI=1S/C24H20ClN/c25-18-10-4-9-17(15-18)23-21-13-6-12-20(21)22-14-5-11-19(24(22)26-23)16-7-2-1-3-8-16/h1-12,14-15,20-21,23,26H,13H2/t20-,21+,23-/m0/s1. The minimum atomic E-state index is 0.270. The Morgan fingerprint density at radius 1 is 0.885 bits per heavy atom. The first-order valence-corrected chi connectivity index (χ1v) is 9.56. The van der Waals surface area contributed by atoms with Gasteiger partial charge in [0, 0.05) is 22.2 Å². The van der Waals surface area contributed by atoms with E-state index in [-0.39, 0.29) is 6.04 Å². The Morgan fingerprint density at radius 2 is 1.73 bits per heavy atom. The summed E-state index contributed by atoms with van der Waals surface area (Å²) in [7, 11) is 0. The summed E-state index contributed by atoms with van der Waals surface area (Å²) in [5, 5.41) is 4.68.